The normalized spacial score (nSPS) is 23.5. The standard InChI is InChI=1S/C17H19NO5/c1-21-17(20)14-8-7-13(12-5-3-2-4-6-12)18(14)16(19)15-11-22-9-10-23-15/h2-6,11,13-14H,7-10H2,1H3. The van der Waals surface area contributed by atoms with Crippen LogP contribution >= 0.6 is 0 Å². The van der Waals surface area contributed by atoms with Crippen LogP contribution in [0.1, 0.15) is 24.4 Å². The number of carbonyl (C=O) groups excluding carboxylic acids is 2. The van der Waals surface area contributed by atoms with Gasteiger partial charge in [-0.1, -0.05) is 30.3 Å². The molecule has 2 aliphatic heterocycles. The first-order chi connectivity index (χ1) is 11.2. The minimum Gasteiger partial charge on any atom is -0.494 e. The molecule has 122 valence electrons. The lowest BCUT2D eigenvalue weighted by Crippen LogP contribution is -2.43. The third-order valence-electron chi connectivity index (χ3n) is 4.14. The Kier molecular flexibility index (Phi) is 4.50. The van der Waals surface area contributed by atoms with E-state index in [1.54, 1.807) is 4.90 Å². The first-order valence-corrected chi connectivity index (χ1v) is 7.62. The maximum absolute atomic E-state index is 12.9. The van der Waals surface area contributed by atoms with Crippen molar-refractivity contribution < 1.29 is 23.8 Å². The van der Waals surface area contributed by atoms with E-state index in [1.807, 2.05) is 30.3 Å². The number of rotatable bonds is 3. The van der Waals surface area contributed by atoms with Gasteiger partial charge in [0.15, 0.2) is 0 Å². The van der Waals surface area contributed by atoms with E-state index in [-0.39, 0.29) is 17.7 Å². The van der Waals surface area contributed by atoms with Crippen LogP contribution in [0.25, 0.3) is 0 Å². The van der Waals surface area contributed by atoms with Gasteiger partial charge in [0.25, 0.3) is 5.91 Å². The highest BCUT2D eigenvalue weighted by Gasteiger charge is 2.43. The molecule has 1 amide bonds. The molecule has 6 heteroatoms. The lowest BCUT2D eigenvalue weighted by atomic mass is 10.0. The van der Waals surface area contributed by atoms with Crippen LogP contribution in [0.3, 0.4) is 0 Å². The van der Waals surface area contributed by atoms with Gasteiger partial charge in [-0.2, -0.15) is 0 Å². The summed E-state index contributed by atoms with van der Waals surface area (Å²) in [5, 5.41) is 0. The van der Waals surface area contributed by atoms with Crippen molar-refractivity contribution in [2.24, 2.45) is 0 Å². The molecule has 0 saturated carbocycles. The van der Waals surface area contributed by atoms with Gasteiger partial charge in [0.2, 0.25) is 5.76 Å². The summed E-state index contributed by atoms with van der Waals surface area (Å²) in [6.45, 7) is 0.740. The molecule has 2 aliphatic rings. The van der Waals surface area contributed by atoms with Crippen molar-refractivity contribution in [3.63, 3.8) is 0 Å². The van der Waals surface area contributed by atoms with Crippen molar-refractivity contribution in [3.05, 3.63) is 47.9 Å². The smallest absolute Gasteiger partial charge is 0.328 e. The highest BCUT2D eigenvalue weighted by atomic mass is 16.6. The Labute approximate surface area is 134 Å². The van der Waals surface area contributed by atoms with Gasteiger partial charge in [-0.25, -0.2) is 4.79 Å². The van der Waals surface area contributed by atoms with E-state index in [1.165, 1.54) is 13.4 Å². The van der Waals surface area contributed by atoms with Gasteiger partial charge in [-0.05, 0) is 18.4 Å². The number of benzene rings is 1. The molecule has 0 N–H and O–H groups in total. The van der Waals surface area contributed by atoms with E-state index in [2.05, 4.69) is 0 Å². The van der Waals surface area contributed by atoms with Gasteiger partial charge >= 0.3 is 5.97 Å². The second-order valence-electron chi connectivity index (χ2n) is 5.46. The molecule has 1 aromatic carbocycles. The summed E-state index contributed by atoms with van der Waals surface area (Å²) in [5.74, 6) is -0.617. The molecule has 23 heavy (non-hydrogen) atoms. The summed E-state index contributed by atoms with van der Waals surface area (Å²) in [7, 11) is 1.33. The average molecular weight is 317 g/mol. The molecule has 0 aliphatic carbocycles. The molecule has 1 saturated heterocycles. The van der Waals surface area contributed by atoms with Crippen LogP contribution < -0.4 is 0 Å². The number of nitrogens with zero attached hydrogens (tertiary/aromatic N) is 1. The molecule has 1 fully saturated rings. The number of methoxy groups -OCH3 is 1. The zero-order valence-corrected chi connectivity index (χ0v) is 12.9. The Morgan fingerprint density at radius 2 is 1.96 bits per heavy atom. The number of ether oxygens (including phenoxy) is 3. The lowest BCUT2D eigenvalue weighted by molar-refractivity contribution is -0.152. The van der Waals surface area contributed by atoms with Crippen LogP contribution in [0.2, 0.25) is 0 Å². The van der Waals surface area contributed by atoms with Crippen LogP contribution in [0.15, 0.2) is 42.4 Å². The molecular formula is C17H19NO5. The second kappa shape index (κ2) is 6.73. The van der Waals surface area contributed by atoms with Crippen molar-refractivity contribution in [1.82, 2.24) is 4.90 Å². The van der Waals surface area contributed by atoms with Crippen molar-refractivity contribution in [2.45, 2.75) is 24.9 Å². The van der Waals surface area contributed by atoms with Crippen LogP contribution in [0, 0.1) is 0 Å². The molecule has 2 atom stereocenters. The number of esters is 1. The monoisotopic (exact) mass is 317 g/mol. The molecule has 3 rings (SSSR count). The SMILES string of the molecule is COC(=O)C1CCC(c2ccccc2)N1C(=O)C1=COCCO1. The third-order valence-corrected chi connectivity index (χ3v) is 4.14. The van der Waals surface area contributed by atoms with Gasteiger partial charge in [0.05, 0.1) is 13.2 Å². The molecule has 2 unspecified atom stereocenters. The summed E-state index contributed by atoms with van der Waals surface area (Å²) in [5.41, 5.74) is 0.990. The predicted octanol–water partition coefficient (Wildman–Crippen LogP) is 1.78. The van der Waals surface area contributed by atoms with Crippen LogP contribution in [-0.4, -0.2) is 43.1 Å². The molecule has 0 spiro atoms. The van der Waals surface area contributed by atoms with E-state index in [9.17, 15) is 9.59 Å². The Hall–Kier alpha value is -2.50. The molecule has 0 aromatic heterocycles. The van der Waals surface area contributed by atoms with Crippen molar-refractivity contribution in [3.8, 4) is 0 Å². The highest BCUT2D eigenvalue weighted by molar-refractivity contribution is 5.95. The molecule has 1 aromatic rings. The maximum Gasteiger partial charge on any atom is 0.328 e. The third kappa shape index (κ3) is 3.02. The van der Waals surface area contributed by atoms with Crippen molar-refractivity contribution >= 4 is 11.9 Å². The number of carbonyl (C=O) groups is 2. The molecular weight excluding hydrogens is 298 g/mol. The molecule has 6 nitrogen and oxygen atoms in total. The van der Waals surface area contributed by atoms with Gasteiger partial charge < -0.3 is 19.1 Å². The number of amides is 1. The fraction of sp³-hybridized carbons (Fsp3) is 0.412. The first kappa shape index (κ1) is 15.4. The van der Waals surface area contributed by atoms with Gasteiger partial charge in [-0.3, -0.25) is 4.79 Å². The second-order valence-corrected chi connectivity index (χ2v) is 5.46. The minimum atomic E-state index is -0.607. The van der Waals surface area contributed by atoms with Gasteiger partial charge in [-0.15, -0.1) is 0 Å². The Morgan fingerprint density at radius 1 is 1.17 bits per heavy atom. The average Bonchev–Trinajstić information content (AvgIpc) is 3.07. The largest absolute Gasteiger partial charge is 0.494 e. The fourth-order valence-corrected chi connectivity index (χ4v) is 3.07. The fourth-order valence-electron chi connectivity index (χ4n) is 3.07. The Bertz CT molecular complexity index is 613. The van der Waals surface area contributed by atoms with E-state index < -0.39 is 12.0 Å². The van der Waals surface area contributed by atoms with Crippen molar-refractivity contribution in [1.29, 1.82) is 0 Å². The van der Waals surface area contributed by atoms with Crippen molar-refractivity contribution in [2.75, 3.05) is 20.3 Å². The van der Waals surface area contributed by atoms with E-state index in [0.717, 1.165) is 5.56 Å². The van der Waals surface area contributed by atoms with E-state index in [4.69, 9.17) is 14.2 Å². The predicted molar refractivity (Wildman–Crippen MR) is 81.1 cm³/mol. The van der Waals surface area contributed by atoms with Crippen LogP contribution in [-0.2, 0) is 23.8 Å². The van der Waals surface area contributed by atoms with Crippen LogP contribution in [0.5, 0.6) is 0 Å². The first-order valence-electron chi connectivity index (χ1n) is 7.62. The number of likely N-dealkylation sites (tertiary alicyclic amines) is 1. The summed E-state index contributed by atoms with van der Waals surface area (Å²) in [6, 6.07) is 8.88. The number of hydrogen-bond acceptors (Lipinski definition) is 5. The summed E-state index contributed by atoms with van der Waals surface area (Å²) in [4.78, 5) is 26.5. The Morgan fingerprint density at radius 3 is 2.61 bits per heavy atom. The maximum atomic E-state index is 12.9. The summed E-state index contributed by atoms with van der Waals surface area (Å²) >= 11 is 0. The quantitative estimate of drug-likeness (QED) is 0.795. The highest BCUT2D eigenvalue weighted by Crippen LogP contribution is 2.37. The molecule has 0 bridgehead atoms. The van der Waals surface area contributed by atoms with Gasteiger partial charge in [0.1, 0.15) is 25.5 Å². The summed E-state index contributed by atoms with van der Waals surface area (Å²) < 4.78 is 15.4. The van der Waals surface area contributed by atoms with Gasteiger partial charge in [0, 0.05) is 0 Å². The van der Waals surface area contributed by atoms with E-state index in [0.29, 0.717) is 26.1 Å². The zero-order chi connectivity index (χ0) is 16.2. The minimum absolute atomic E-state index is 0.132. The summed E-state index contributed by atoms with van der Waals surface area (Å²) in [6.07, 6.45) is 2.58. The lowest BCUT2D eigenvalue weighted by Gasteiger charge is -2.30. The Balaban J connectivity index is 1.92. The topological polar surface area (TPSA) is 65.1 Å². The van der Waals surface area contributed by atoms with Crippen LogP contribution in [0.4, 0.5) is 0 Å². The van der Waals surface area contributed by atoms with E-state index >= 15 is 0 Å². The molecule has 0 radical (unpaired) electrons. The molecule has 2 heterocycles. The zero-order valence-electron chi connectivity index (χ0n) is 12.9. The number of hydrogen-bond donors (Lipinski definition) is 0.